The summed E-state index contributed by atoms with van der Waals surface area (Å²) in [5.74, 6) is 0.788. The summed E-state index contributed by atoms with van der Waals surface area (Å²) in [7, 11) is -3.25. The maximum atomic E-state index is 12.3. The molecule has 0 aliphatic rings. The lowest BCUT2D eigenvalue weighted by molar-refractivity contribution is 0.0646. The summed E-state index contributed by atoms with van der Waals surface area (Å²) in [5, 5.41) is 6.46. The van der Waals surface area contributed by atoms with Crippen LogP contribution >= 0.6 is 0 Å². The number of aliphatic imine (C=N–C) groups is 1. The molecule has 0 bridgehead atoms. The number of rotatable bonds is 12. The molecule has 30 heavy (non-hydrogen) atoms. The van der Waals surface area contributed by atoms with E-state index < -0.39 is 9.84 Å². The van der Waals surface area contributed by atoms with Crippen molar-refractivity contribution in [3.05, 3.63) is 66.2 Å². The first-order valence-electron chi connectivity index (χ1n) is 10.5. The Hall–Kier alpha value is -2.38. The highest BCUT2D eigenvalue weighted by atomic mass is 32.2. The zero-order valence-electron chi connectivity index (χ0n) is 17.9. The van der Waals surface area contributed by atoms with Crippen LogP contribution in [0.3, 0.4) is 0 Å². The highest BCUT2D eigenvalue weighted by Crippen LogP contribution is 2.15. The van der Waals surface area contributed by atoms with Gasteiger partial charge in [-0.15, -0.1) is 0 Å². The minimum Gasteiger partial charge on any atom is -0.374 e. The predicted octanol–water partition coefficient (Wildman–Crippen LogP) is 3.57. The van der Waals surface area contributed by atoms with Gasteiger partial charge in [0.2, 0.25) is 0 Å². The van der Waals surface area contributed by atoms with Crippen molar-refractivity contribution < 1.29 is 13.2 Å². The van der Waals surface area contributed by atoms with E-state index in [4.69, 9.17) is 4.74 Å². The second kappa shape index (κ2) is 13.0. The van der Waals surface area contributed by atoms with Gasteiger partial charge in [0.1, 0.15) is 0 Å². The van der Waals surface area contributed by atoms with E-state index in [0.29, 0.717) is 30.4 Å². The van der Waals surface area contributed by atoms with E-state index in [9.17, 15) is 8.42 Å². The van der Waals surface area contributed by atoms with E-state index in [1.165, 1.54) is 5.56 Å². The molecule has 0 aliphatic heterocycles. The number of benzene rings is 2. The quantitative estimate of drug-likeness (QED) is 0.305. The van der Waals surface area contributed by atoms with Crippen molar-refractivity contribution in [2.24, 2.45) is 4.99 Å². The van der Waals surface area contributed by atoms with E-state index >= 15 is 0 Å². The van der Waals surface area contributed by atoms with Crippen LogP contribution in [-0.4, -0.2) is 46.4 Å². The number of nitrogens with one attached hydrogen (secondary N) is 2. The molecule has 0 saturated carbocycles. The van der Waals surface area contributed by atoms with Crippen LogP contribution in [0.5, 0.6) is 0 Å². The van der Waals surface area contributed by atoms with Gasteiger partial charge in [0, 0.05) is 26.2 Å². The van der Waals surface area contributed by atoms with E-state index in [1.807, 2.05) is 31.2 Å². The van der Waals surface area contributed by atoms with Crippen molar-refractivity contribution in [2.45, 2.75) is 37.7 Å². The standard InChI is InChI=1S/C23H33N3O3S/c1-3-24-23(25-16-10-18-29-20(2)21-12-6-4-7-13-21)26-17-11-19-30(27,28)22-14-8-5-9-15-22/h4-9,12-15,20H,3,10-11,16-19H2,1-2H3,(H2,24,25,26). The van der Waals surface area contributed by atoms with Gasteiger partial charge in [-0.1, -0.05) is 48.5 Å². The van der Waals surface area contributed by atoms with Crippen LogP contribution in [0.25, 0.3) is 0 Å². The van der Waals surface area contributed by atoms with Crippen LogP contribution in [0.2, 0.25) is 0 Å². The van der Waals surface area contributed by atoms with Crippen LogP contribution in [0, 0.1) is 0 Å². The molecule has 164 valence electrons. The lowest BCUT2D eigenvalue weighted by atomic mass is 10.1. The number of nitrogens with zero attached hydrogens (tertiary/aromatic N) is 1. The molecule has 0 saturated heterocycles. The zero-order valence-corrected chi connectivity index (χ0v) is 18.7. The first kappa shape index (κ1) is 23.9. The third kappa shape index (κ3) is 8.55. The van der Waals surface area contributed by atoms with Gasteiger partial charge < -0.3 is 15.4 Å². The lowest BCUT2D eigenvalue weighted by Crippen LogP contribution is -2.38. The molecule has 1 atom stereocenters. The summed E-state index contributed by atoms with van der Waals surface area (Å²) < 4.78 is 30.5. The highest BCUT2D eigenvalue weighted by molar-refractivity contribution is 7.91. The largest absolute Gasteiger partial charge is 0.374 e. The van der Waals surface area contributed by atoms with Crippen molar-refractivity contribution in [3.63, 3.8) is 0 Å². The van der Waals surface area contributed by atoms with Crippen LogP contribution < -0.4 is 10.6 Å². The number of hydrogen-bond donors (Lipinski definition) is 2. The molecule has 0 aliphatic carbocycles. The number of ether oxygens (including phenoxy) is 1. The third-order valence-electron chi connectivity index (χ3n) is 4.54. The first-order chi connectivity index (χ1) is 14.5. The topological polar surface area (TPSA) is 79.8 Å². The van der Waals surface area contributed by atoms with Crippen molar-refractivity contribution in [3.8, 4) is 0 Å². The molecular weight excluding hydrogens is 398 g/mol. The highest BCUT2D eigenvalue weighted by Gasteiger charge is 2.12. The average Bonchev–Trinajstić information content (AvgIpc) is 2.77. The van der Waals surface area contributed by atoms with E-state index in [-0.39, 0.29) is 11.9 Å². The summed E-state index contributed by atoms with van der Waals surface area (Å²) >= 11 is 0. The van der Waals surface area contributed by atoms with Gasteiger partial charge in [-0.05, 0) is 44.4 Å². The summed E-state index contributed by atoms with van der Waals surface area (Å²) in [6.07, 6.45) is 1.40. The van der Waals surface area contributed by atoms with Crippen LogP contribution in [0.15, 0.2) is 70.6 Å². The van der Waals surface area contributed by atoms with Gasteiger partial charge >= 0.3 is 0 Å². The Balaban J connectivity index is 1.68. The molecule has 2 aromatic rings. The van der Waals surface area contributed by atoms with Crippen LogP contribution in [-0.2, 0) is 14.6 Å². The summed E-state index contributed by atoms with van der Waals surface area (Å²) in [5.41, 5.74) is 1.17. The molecule has 1 unspecified atom stereocenters. The normalized spacial score (nSPS) is 13.1. The molecular formula is C23H33N3O3S. The van der Waals surface area contributed by atoms with E-state index in [0.717, 1.165) is 19.5 Å². The van der Waals surface area contributed by atoms with Crippen molar-refractivity contribution in [1.82, 2.24) is 10.6 Å². The fraction of sp³-hybridized carbons (Fsp3) is 0.435. The van der Waals surface area contributed by atoms with Crippen molar-refractivity contribution >= 4 is 15.8 Å². The molecule has 2 N–H and O–H groups in total. The third-order valence-corrected chi connectivity index (χ3v) is 6.35. The molecule has 2 aromatic carbocycles. The Labute approximate surface area is 180 Å². The molecule has 7 heteroatoms. The number of guanidine groups is 1. The Bertz CT molecular complexity index is 856. The van der Waals surface area contributed by atoms with Gasteiger partial charge in [0.15, 0.2) is 15.8 Å². The molecule has 0 spiro atoms. The fourth-order valence-corrected chi connectivity index (χ4v) is 4.21. The van der Waals surface area contributed by atoms with Crippen LogP contribution in [0.4, 0.5) is 0 Å². The minimum absolute atomic E-state index is 0.0691. The monoisotopic (exact) mass is 431 g/mol. The molecule has 0 amide bonds. The molecule has 0 fully saturated rings. The smallest absolute Gasteiger partial charge is 0.191 e. The number of sulfone groups is 1. The Kier molecular flexibility index (Phi) is 10.4. The predicted molar refractivity (Wildman–Crippen MR) is 123 cm³/mol. The van der Waals surface area contributed by atoms with E-state index in [2.05, 4.69) is 34.7 Å². The van der Waals surface area contributed by atoms with Crippen molar-refractivity contribution in [1.29, 1.82) is 0 Å². The SMILES string of the molecule is CCNC(=NCCCS(=O)(=O)c1ccccc1)NCCCOC(C)c1ccccc1. The molecule has 2 rings (SSSR count). The summed E-state index contributed by atoms with van der Waals surface area (Å²) in [6, 6.07) is 18.7. The first-order valence-corrected chi connectivity index (χ1v) is 12.1. The minimum atomic E-state index is -3.25. The molecule has 0 radical (unpaired) electrons. The summed E-state index contributed by atoms with van der Waals surface area (Å²) in [4.78, 5) is 4.84. The van der Waals surface area contributed by atoms with E-state index in [1.54, 1.807) is 24.3 Å². The molecule has 6 nitrogen and oxygen atoms in total. The van der Waals surface area contributed by atoms with Gasteiger partial charge in [0.05, 0.1) is 16.8 Å². The molecule has 0 aromatic heterocycles. The fourth-order valence-electron chi connectivity index (χ4n) is 2.89. The molecule has 0 heterocycles. The summed E-state index contributed by atoms with van der Waals surface area (Å²) in [6.45, 7) is 6.63. The maximum absolute atomic E-state index is 12.3. The average molecular weight is 432 g/mol. The second-order valence-corrected chi connectivity index (χ2v) is 9.06. The number of hydrogen-bond acceptors (Lipinski definition) is 4. The van der Waals surface area contributed by atoms with Gasteiger partial charge in [-0.25, -0.2) is 8.42 Å². The van der Waals surface area contributed by atoms with Gasteiger partial charge in [0.25, 0.3) is 0 Å². The van der Waals surface area contributed by atoms with Gasteiger partial charge in [-0.3, -0.25) is 4.99 Å². The van der Waals surface area contributed by atoms with Crippen LogP contribution in [0.1, 0.15) is 38.4 Å². The van der Waals surface area contributed by atoms with Gasteiger partial charge in [-0.2, -0.15) is 0 Å². The Morgan fingerprint density at radius 2 is 1.67 bits per heavy atom. The maximum Gasteiger partial charge on any atom is 0.191 e. The van der Waals surface area contributed by atoms with Crippen molar-refractivity contribution in [2.75, 3.05) is 32.0 Å². The second-order valence-electron chi connectivity index (χ2n) is 6.95. The Morgan fingerprint density at radius 3 is 2.33 bits per heavy atom. The zero-order chi connectivity index (χ0) is 21.7. The lowest BCUT2D eigenvalue weighted by Gasteiger charge is -2.14. The Morgan fingerprint density at radius 1 is 1.00 bits per heavy atom.